The van der Waals surface area contributed by atoms with E-state index in [1.807, 2.05) is 13.8 Å². The first-order valence-electron chi connectivity index (χ1n) is 8.96. The van der Waals surface area contributed by atoms with Gasteiger partial charge in [0.15, 0.2) is 0 Å². The van der Waals surface area contributed by atoms with Crippen LogP contribution < -0.4 is 0 Å². The maximum atomic E-state index is 11.1. The molecule has 0 heterocycles. The molecule has 0 aliphatic carbocycles. The Balaban J connectivity index is 3.79. The molecule has 0 bridgehead atoms. The van der Waals surface area contributed by atoms with Crippen molar-refractivity contribution in [2.45, 2.75) is 64.9 Å². The summed E-state index contributed by atoms with van der Waals surface area (Å²) in [6, 6.07) is 0. The lowest BCUT2D eigenvalue weighted by molar-refractivity contribution is 0.0454. The van der Waals surface area contributed by atoms with E-state index >= 15 is 0 Å². The molecule has 2 N–H and O–H groups in total. The molecule has 7 nitrogen and oxygen atoms in total. The lowest BCUT2D eigenvalue weighted by Crippen LogP contribution is -2.13. The van der Waals surface area contributed by atoms with Gasteiger partial charge < -0.3 is 24.0 Å². The van der Waals surface area contributed by atoms with E-state index in [4.69, 9.17) is 28.5 Å². The molecule has 146 valence electrons. The first-order valence-corrected chi connectivity index (χ1v) is 10.5. The summed E-state index contributed by atoms with van der Waals surface area (Å²) >= 11 is 0. The molecule has 0 aromatic carbocycles. The van der Waals surface area contributed by atoms with E-state index in [-0.39, 0.29) is 0 Å². The third-order valence-corrected chi connectivity index (χ3v) is 4.02. The molecular formula is C16H35O7P. The number of hydrogen-bond acceptors (Lipinski definition) is 5. The lowest BCUT2D eigenvalue weighted by atomic mass is 10.1. The minimum atomic E-state index is -4.44. The van der Waals surface area contributed by atoms with Gasteiger partial charge in [-0.1, -0.05) is 19.3 Å². The molecule has 0 saturated carbocycles. The Kier molecular flexibility index (Phi) is 16.5. The molecule has 0 amide bonds. The van der Waals surface area contributed by atoms with Crippen molar-refractivity contribution in [2.24, 2.45) is 0 Å². The van der Waals surface area contributed by atoms with Crippen molar-refractivity contribution >= 4 is 7.82 Å². The number of phosphoric acid groups is 1. The number of rotatable bonds is 18. The summed E-state index contributed by atoms with van der Waals surface area (Å²) in [7, 11) is -4.44. The standard InChI is InChI=1S/C16H35O7P/c1-3-20-12-8-6-5-7-10-16(23-24(17,18)19)11-9-13-22-15-14-21-4-2/h16H,3-15H2,1-2H3,(H2,17,18,19). The molecule has 0 spiro atoms. The molecular weight excluding hydrogens is 335 g/mol. The predicted octanol–water partition coefficient (Wildman–Crippen LogP) is 3.28. The van der Waals surface area contributed by atoms with Gasteiger partial charge in [0, 0.05) is 26.4 Å². The van der Waals surface area contributed by atoms with Crippen LogP contribution in [0.2, 0.25) is 0 Å². The molecule has 8 heteroatoms. The maximum Gasteiger partial charge on any atom is 0.469 e. The van der Waals surface area contributed by atoms with Crippen LogP contribution in [0.5, 0.6) is 0 Å². The smallest absolute Gasteiger partial charge is 0.382 e. The quantitative estimate of drug-likeness (QED) is 0.282. The number of phosphoric ester groups is 1. The molecule has 0 aromatic rings. The average molecular weight is 370 g/mol. The van der Waals surface area contributed by atoms with E-state index < -0.39 is 13.9 Å². The van der Waals surface area contributed by atoms with Crippen LogP contribution in [0.4, 0.5) is 0 Å². The van der Waals surface area contributed by atoms with Crippen LogP contribution in [0.25, 0.3) is 0 Å². The maximum absolute atomic E-state index is 11.1. The van der Waals surface area contributed by atoms with Crippen LogP contribution in [0.15, 0.2) is 0 Å². The van der Waals surface area contributed by atoms with E-state index in [0.717, 1.165) is 38.9 Å². The minimum Gasteiger partial charge on any atom is -0.382 e. The number of ether oxygens (including phenoxy) is 3. The predicted molar refractivity (Wildman–Crippen MR) is 93.0 cm³/mol. The topological polar surface area (TPSA) is 94.5 Å². The summed E-state index contributed by atoms with van der Waals surface area (Å²) in [5.74, 6) is 0. The third-order valence-electron chi connectivity index (χ3n) is 3.45. The van der Waals surface area contributed by atoms with Crippen LogP contribution in [0, 0.1) is 0 Å². The molecule has 0 fully saturated rings. The van der Waals surface area contributed by atoms with Gasteiger partial charge in [-0.15, -0.1) is 0 Å². The van der Waals surface area contributed by atoms with Gasteiger partial charge in [-0.05, 0) is 39.5 Å². The first kappa shape index (κ1) is 24.0. The van der Waals surface area contributed by atoms with E-state index in [9.17, 15) is 4.57 Å². The van der Waals surface area contributed by atoms with Crippen molar-refractivity contribution in [1.82, 2.24) is 0 Å². The zero-order valence-electron chi connectivity index (χ0n) is 15.2. The highest BCUT2D eigenvalue weighted by molar-refractivity contribution is 7.46. The Morgan fingerprint density at radius 1 is 0.750 bits per heavy atom. The summed E-state index contributed by atoms with van der Waals surface area (Å²) < 4.78 is 31.8. The third kappa shape index (κ3) is 18.3. The fourth-order valence-corrected chi connectivity index (χ4v) is 2.89. The molecule has 0 radical (unpaired) electrons. The highest BCUT2D eigenvalue weighted by Crippen LogP contribution is 2.39. The minimum absolute atomic E-state index is 0.423. The van der Waals surface area contributed by atoms with Crippen molar-refractivity contribution in [2.75, 3.05) is 39.6 Å². The van der Waals surface area contributed by atoms with Gasteiger partial charge >= 0.3 is 7.82 Å². The average Bonchev–Trinajstić information content (AvgIpc) is 2.51. The van der Waals surface area contributed by atoms with E-state index in [0.29, 0.717) is 45.7 Å². The van der Waals surface area contributed by atoms with Crippen molar-refractivity contribution in [3.8, 4) is 0 Å². The summed E-state index contributed by atoms with van der Waals surface area (Å²) in [5, 5.41) is 0. The Bertz CT molecular complexity index is 291. The Morgan fingerprint density at radius 2 is 1.29 bits per heavy atom. The van der Waals surface area contributed by atoms with E-state index in [2.05, 4.69) is 0 Å². The molecule has 0 aromatic heterocycles. The second-order valence-electron chi connectivity index (χ2n) is 5.57. The molecule has 0 saturated heterocycles. The summed E-state index contributed by atoms with van der Waals surface area (Å²) in [6.07, 6.45) is 5.50. The number of unbranched alkanes of at least 4 members (excludes halogenated alkanes) is 3. The summed E-state index contributed by atoms with van der Waals surface area (Å²) in [6.45, 7) is 7.75. The Labute approximate surface area is 146 Å². The van der Waals surface area contributed by atoms with Gasteiger partial charge in [0.2, 0.25) is 0 Å². The van der Waals surface area contributed by atoms with Gasteiger partial charge in [-0.25, -0.2) is 4.57 Å². The van der Waals surface area contributed by atoms with E-state index in [1.54, 1.807) is 0 Å². The SMILES string of the molecule is CCOCCCCCCC(CCCOCCOCC)OP(=O)(O)O. The molecule has 0 aliphatic heterocycles. The highest BCUT2D eigenvalue weighted by atomic mass is 31.2. The van der Waals surface area contributed by atoms with Crippen molar-refractivity contribution in [3.05, 3.63) is 0 Å². The largest absolute Gasteiger partial charge is 0.469 e. The molecule has 24 heavy (non-hydrogen) atoms. The van der Waals surface area contributed by atoms with Gasteiger partial charge in [0.25, 0.3) is 0 Å². The highest BCUT2D eigenvalue weighted by Gasteiger charge is 2.21. The number of hydrogen-bond donors (Lipinski definition) is 2. The van der Waals surface area contributed by atoms with Crippen LogP contribution in [0.3, 0.4) is 0 Å². The second-order valence-corrected chi connectivity index (χ2v) is 6.76. The van der Waals surface area contributed by atoms with Crippen LogP contribution >= 0.6 is 7.82 Å². The summed E-state index contributed by atoms with van der Waals surface area (Å²) in [4.78, 5) is 18.0. The van der Waals surface area contributed by atoms with Gasteiger partial charge in [0.1, 0.15) is 0 Å². The van der Waals surface area contributed by atoms with Crippen LogP contribution in [-0.2, 0) is 23.3 Å². The zero-order valence-corrected chi connectivity index (χ0v) is 16.0. The lowest BCUT2D eigenvalue weighted by Gasteiger charge is -2.18. The van der Waals surface area contributed by atoms with Gasteiger partial charge in [-0.2, -0.15) is 0 Å². The normalized spacial score (nSPS) is 13.3. The van der Waals surface area contributed by atoms with Crippen LogP contribution in [-0.4, -0.2) is 55.5 Å². The summed E-state index contributed by atoms with van der Waals surface area (Å²) in [5.41, 5.74) is 0. The van der Waals surface area contributed by atoms with E-state index in [1.165, 1.54) is 0 Å². The molecule has 0 aliphatic rings. The fourth-order valence-electron chi connectivity index (χ4n) is 2.30. The first-order chi connectivity index (χ1) is 11.5. The van der Waals surface area contributed by atoms with Gasteiger partial charge in [-0.3, -0.25) is 4.52 Å². The monoisotopic (exact) mass is 370 g/mol. The van der Waals surface area contributed by atoms with Crippen LogP contribution in [0.1, 0.15) is 58.8 Å². The zero-order chi connectivity index (χ0) is 18.1. The second kappa shape index (κ2) is 16.5. The molecule has 1 unspecified atom stereocenters. The van der Waals surface area contributed by atoms with Gasteiger partial charge in [0.05, 0.1) is 19.3 Å². The molecule has 0 rings (SSSR count). The molecule has 1 atom stereocenters. The Hall–Kier alpha value is -0.0100. The van der Waals surface area contributed by atoms with Crippen molar-refractivity contribution in [1.29, 1.82) is 0 Å². The fraction of sp³-hybridized carbons (Fsp3) is 1.00. The van der Waals surface area contributed by atoms with Crippen molar-refractivity contribution < 1.29 is 33.1 Å². The van der Waals surface area contributed by atoms with Crippen molar-refractivity contribution in [3.63, 3.8) is 0 Å². The Morgan fingerprint density at radius 3 is 1.96 bits per heavy atom.